The molecule has 0 spiro atoms. The normalized spacial score (nSPS) is 9.94. The first-order valence-corrected chi connectivity index (χ1v) is 4.70. The first kappa shape index (κ1) is 10.1. The molecule has 1 aromatic heterocycles. The second-order valence-electron chi connectivity index (χ2n) is 3.40. The van der Waals surface area contributed by atoms with Gasteiger partial charge in [0.15, 0.2) is 5.82 Å². The van der Waals surface area contributed by atoms with E-state index in [-0.39, 0.29) is 11.6 Å². The lowest BCUT2D eigenvalue weighted by Gasteiger charge is -2.01. The van der Waals surface area contributed by atoms with Gasteiger partial charge in [0.05, 0.1) is 6.54 Å². The highest BCUT2D eigenvalue weighted by Gasteiger charge is 2.04. The third-order valence-electron chi connectivity index (χ3n) is 2.19. The molecule has 0 fully saturated rings. The Balaban J connectivity index is 2.21. The van der Waals surface area contributed by atoms with E-state index in [9.17, 15) is 0 Å². The van der Waals surface area contributed by atoms with E-state index < -0.39 is 0 Å². The summed E-state index contributed by atoms with van der Waals surface area (Å²) in [5, 5.41) is 21.9. The lowest BCUT2D eigenvalue weighted by atomic mass is 10.2. The molecule has 2 rings (SSSR count). The molecule has 0 aliphatic carbocycles. The minimum atomic E-state index is 0.224. The van der Waals surface area contributed by atoms with Crippen LogP contribution in [0.3, 0.4) is 0 Å². The molecule has 1 heterocycles. The summed E-state index contributed by atoms with van der Waals surface area (Å²) < 4.78 is 1.60. The fourth-order valence-electron chi connectivity index (χ4n) is 1.39. The predicted octanol–water partition coefficient (Wildman–Crippen LogP) is 1.09. The van der Waals surface area contributed by atoms with Gasteiger partial charge in [-0.1, -0.05) is 12.1 Å². The van der Waals surface area contributed by atoms with E-state index in [0.717, 1.165) is 5.56 Å². The van der Waals surface area contributed by atoms with Crippen molar-refractivity contribution in [3.8, 4) is 11.8 Å². The van der Waals surface area contributed by atoms with Gasteiger partial charge < -0.3 is 10.8 Å². The molecule has 80 valence electrons. The van der Waals surface area contributed by atoms with E-state index in [0.29, 0.717) is 12.1 Å². The van der Waals surface area contributed by atoms with Crippen molar-refractivity contribution in [2.24, 2.45) is 0 Å². The molecule has 0 atom stereocenters. The molecule has 0 amide bonds. The number of nitrogen functional groups attached to an aromatic ring is 1. The summed E-state index contributed by atoms with van der Waals surface area (Å²) in [5.74, 6) is 0.461. The van der Waals surface area contributed by atoms with E-state index in [4.69, 9.17) is 16.1 Å². The quantitative estimate of drug-likeness (QED) is 0.783. The second kappa shape index (κ2) is 3.95. The van der Waals surface area contributed by atoms with Crippen LogP contribution >= 0.6 is 0 Å². The number of anilines is 1. The Hall–Kier alpha value is -2.48. The Bertz CT molecular complexity index is 536. The van der Waals surface area contributed by atoms with E-state index in [2.05, 4.69) is 5.10 Å². The van der Waals surface area contributed by atoms with Crippen LogP contribution in [0.25, 0.3) is 0 Å². The lowest BCUT2D eigenvalue weighted by molar-refractivity contribution is 0.475. The highest BCUT2D eigenvalue weighted by atomic mass is 16.3. The van der Waals surface area contributed by atoms with Crippen LogP contribution in [0, 0.1) is 11.3 Å². The topological polar surface area (TPSA) is 87.9 Å². The first-order valence-electron chi connectivity index (χ1n) is 4.70. The highest BCUT2D eigenvalue weighted by Crippen LogP contribution is 2.12. The molecule has 0 aliphatic rings. The SMILES string of the molecule is N#Cc1cn(Cc2ccc(O)cc2)nc1N. The molecule has 5 nitrogen and oxygen atoms in total. The van der Waals surface area contributed by atoms with Gasteiger partial charge in [-0.05, 0) is 17.7 Å². The minimum absolute atomic E-state index is 0.224. The summed E-state index contributed by atoms with van der Waals surface area (Å²) >= 11 is 0. The van der Waals surface area contributed by atoms with E-state index >= 15 is 0 Å². The number of rotatable bonds is 2. The second-order valence-corrected chi connectivity index (χ2v) is 3.40. The standard InChI is InChI=1S/C11H10N4O/c12-5-9-7-15(14-11(9)13)6-8-1-3-10(16)4-2-8/h1-4,7,16H,6H2,(H2,13,14). The molecule has 0 bridgehead atoms. The van der Waals surface area contributed by atoms with Crippen molar-refractivity contribution in [1.29, 1.82) is 5.26 Å². The van der Waals surface area contributed by atoms with Crippen LogP contribution in [0.2, 0.25) is 0 Å². The Morgan fingerprint density at radius 2 is 2.06 bits per heavy atom. The van der Waals surface area contributed by atoms with Crippen molar-refractivity contribution in [3.63, 3.8) is 0 Å². The largest absolute Gasteiger partial charge is 0.508 e. The van der Waals surface area contributed by atoms with Gasteiger partial charge in [0.25, 0.3) is 0 Å². The van der Waals surface area contributed by atoms with Crippen LogP contribution in [0.1, 0.15) is 11.1 Å². The van der Waals surface area contributed by atoms with Crippen molar-refractivity contribution in [1.82, 2.24) is 9.78 Å². The van der Waals surface area contributed by atoms with Crippen molar-refractivity contribution in [2.75, 3.05) is 5.73 Å². The molecule has 0 aliphatic heterocycles. The lowest BCUT2D eigenvalue weighted by Crippen LogP contribution is -2.00. The van der Waals surface area contributed by atoms with Crippen molar-refractivity contribution in [2.45, 2.75) is 6.54 Å². The number of nitriles is 1. The van der Waals surface area contributed by atoms with Crippen LogP contribution in [-0.2, 0) is 6.54 Å². The summed E-state index contributed by atoms with van der Waals surface area (Å²) in [6, 6.07) is 8.75. The number of aromatic hydroxyl groups is 1. The van der Waals surface area contributed by atoms with Gasteiger partial charge in [-0.15, -0.1) is 0 Å². The number of phenols is 1. The number of aromatic nitrogens is 2. The zero-order valence-electron chi connectivity index (χ0n) is 8.46. The van der Waals surface area contributed by atoms with Gasteiger partial charge in [0, 0.05) is 6.20 Å². The molecular formula is C11H10N4O. The Kier molecular flexibility index (Phi) is 2.48. The van der Waals surface area contributed by atoms with Gasteiger partial charge in [-0.25, -0.2) is 0 Å². The first-order chi connectivity index (χ1) is 7.69. The van der Waals surface area contributed by atoms with E-state index in [1.54, 1.807) is 35.1 Å². The average molecular weight is 214 g/mol. The Morgan fingerprint density at radius 3 is 2.62 bits per heavy atom. The maximum atomic E-state index is 9.12. The summed E-state index contributed by atoms with van der Waals surface area (Å²) in [7, 11) is 0. The summed E-state index contributed by atoms with van der Waals surface area (Å²) in [6.45, 7) is 0.520. The molecule has 5 heteroatoms. The monoisotopic (exact) mass is 214 g/mol. The number of phenolic OH excluding ortho intramolecular Hbond substituents is 1. The van der Waals surface area contributed by atoms with Crippen LogP contribution < -0.4 is 5.73 Å². The van der Waals surface area contributed by atoms with Gasteiger partial charge >= 0.3 is 0 Å². The van der Waals surface area contributed by atoms with Gasteiger partial charge in [0.2, 0.25) is 0 Å². The molecule has 0 unspecified atom stereocenters. The maximum absolute atomic E-state index is 9.12. The van der Waals surface area contributed by atoms with Gasteiger partial charge in [-0.2, -0.15) is 10.4 Å². The van der Waals surface area contributed by atoms with Crippen molar-refractivity contribution >= 4 is 5.82 Å². The number of hydrogen-bond acceptors (Lipinski definition) is 4. The number of hydrogen-bond donors (Lipinski definition) is 2. The molecule has 1 aromatic carbocycles. The highest BCUT2D eigenvalue weighted by molar-refractivity contribution is 5.46. The van der Waals surface area contributed by atoms with E-state index in [1.807, 2.05) is 6.07 Å². The number of nitrogens with two attached hydrogens (primary N) is 1. The molecule has 0 radical (unpaired) electrons. The summed E-state index contributed by atoms with van der Waals surface area (Å²) in [6.07, 6.45) is 1.60. The zero-order chi connectivity index (χ0) is 11.5. The van der Waals surface area contributed by atoms with Crippen LogP contribution in [0.5, 0.6) is 5.75 Å². The average Bonchev–Trinajstić information content (AvgIpc) is 2.62. The minimum Gasteiger partial charge on any atom is -0.508 e. The summed E-state index contributed by atoms with van der Waals surface area (Å²) in [5.41, 5.74) is 6.89. The van der Waals surface area contributed by atoms with Crippen molar-refractivity contribution in [3.05, 3.63) is 41.6 Å². The Labute approximate surface area is 92.4 Å². The molecule has 0 saturated carbocycles. The smallest absolute Gasteiger partial charge is 0.163 e. The van der Waals surface area contributed by atoms with Crippen LogP contribution in [-0.4, -0.2) is 14.9 Å². The fraction of sp³-hybridized carbons (Fsp3) is 0.0909. The molecular weight excluding hydrogens is 204 g/mol. The maximum Gasteiger partial charge on any atom is 0.163 e. The molecule has 0 saturated heterocycles. The van der Waals surface area contributed by atoms with Crippen molar-refractivity contribution < 1.29 is 5.11 Å². The van der Waals surface area contributed by atoms with Crippen LogP contribution in [0.15, 0.2) is 30.5 Å². The Morgan fingerprint density at radius 1 is 1.38 bits per heavy atom. The third kappa shape index (κ3) is 1.96. The third-order valence-corrected chi connectivity index (χ3v) is 2.19. The summed E-state index contributed by atoms with van der Waals surface area (Å²) in [4.78, 5) is 0. The predicted molar refractivity (Wildman–Crippen MR) is 58.6 cm³/mol. The fourth-order valence-corrected chi connectivity index (χ4v) is 1.39. The molecule has 2 aromatic rings. The zero-order valence-corrected chi connectivity index (χ0v) is 8.46. The van der Waals surface area contributed by atoms with E-state index in [1.165, 1.54) is 0 Å². The molecule has 16 heavy (non-hydrogen) atoms. The number of benzene rings is 1. The van der Waals surface area contributed by atoms with Gasteiger partial charge in [0.1, 0.15) is 17.4 Å². The van der Waals surface area contributed by atoms with Crippen LogP contribution in [0.4, 0.5) is 5.82 Å². The number of nitrogens with zero attached hydrogens (tertiary/aromatic N) is 3. The van der Waals surface area contributed by atoms with Gasteiger partial charge in [-0.3, -0.25) is 4.68 Å². The molecule has 3 N–H and O–H groups in total.